The summed E-state index contributed by atoms with van der Waals surface area (Å²) < 4.78 is 11.3. The van der Waals surface area contributed by atoms with E-state index in [0.717, 1.165) is 59.7 Å². The molecular formula is C30H34N2O3S. The maximum atomic E-state index is 12.4. The average Bonchev–Trinajstić information content (AvgIpc) is 2.87. The molecule has 1 amide bonds. The Kier molecular flexibility index (Phi) is 8.60. The number of piperidine rings is 1. The van der Waals surface area contributed by atoms with Gasteiger partial charge in [0.1, 0.15) is 4.99 Å². The Morgan fingerprint density at radius 1 is 0.972 bits per heavy atom. The van der Waals surface area contributed by atoms with Gasteiger partial charge in [0.2, 0.25) is 0 Å². The zero-order valence-corrected chi connectivity index (χ0v) is 22.1. The molecule has 1 fully saturated rings. The van der Waals surface area contributed by atoms with Gasteiger partial charge in [-0.05, 0) is 86.1 Å². The van der Waals surface area contributed by atoms with Gasteiger partial charge in [0.25, 0.3) is 5.91 Å². The zero-order valence-electron chi connectivity index (χ0n) is 21.3. The zero-order chi connectivity index (χ0) is 25.5. The fraction of sp³-hybridized carbons (Fsp3) is 0.333. The molecule has 4 rings (SSSR count). The number of ether oxygens (including phenoxy) is 2. The summed E-state index contributed by atoms with van der Waals surface area (Å²) in [4.78, 5) is 15.5. The average molecular weight is 503 g/mol. The van der Waals surface area contributed by atoms with Gasteiger partial charge in [0.15, 0.2) is 18.1 Å². The molecule has 0 unspecified atom stereocenters. The largest absolute Gasteiger partial charge is 0.493 e. The predicted molar refractivity (Wildman–Crippen MR) is 149 cm³/mol. The third-order valence-electron chi connectivity index (χ3n) is 6.54. The molecule has 0 aliphatic carbocycles. The number of methoxy groups -OCH3 is 1. The lowest BCUT2D eigenvalue weighted by Gasteiger charge is -2.34. The van der Waals surface area contributed by atoms with Gasteiger partial charge in [0.05, 0.1) is 7.11 Å². The second-order valence-electron chi connectivity index (χ2n) is 9.50. The van der Waals surface area contributed by atoms with E-state index in [-0.39, 0.29) is 12.5 Å². The molecule has 36 heavy (non-hydrogen) atoms. The van der Waals surface area contributed by atoms with Crippen LogP contribution in [0.5, 0.6) is 11.5 Å². The van der Waals surface area contributed by atoms with Crippen LogP contribution in [-0.4, -0.2) is 42.6 Å². The van der Waals surface area contributed by atoms with E-state index < -0.39 is 0 Å². The Balaban J connectivity index is 1.31. The molecule has 3 aromatic rings. The summed E-state index contributed by atoms with van der Waals surface area (Å²) in [6.07, 6.45) is 3.38. The number of rotatable bonds is 8. The molecule has 1 aliphatic rings. The van der Waals surface area contributed by atoms with Crippen molar-refractivity contribution in [3.63, 3.8) is 0 Å². The molecule has 5 nitrogen and oxygen atoms in total. The van der Waals surface area contributed by atoms with Crippen LogP contribution < -0.4 is 14.8 Å². The molecule has 1 aliphatic heterocycles. The normalized spacial score (nSPS) is 13.8. The number of benzene rings is 3. The number of aryl methyl sites for hydroxylation is 2. The Morgan fingerprint density at radius 3 is 2.33 bits per heavy atom. The number of nitrogens with one attached hydrogen (secondary N) is 1. The van der Waals surface area contributed by atoms with Gasteiger partial charge in [-0.3, -0.25) is 4.79 Å². The first-order valence-electron chi connectivity index (χ1n) is 12.4. The Morgan fingerprint density at radius 2 is 1.67 bits per heavy atom. The van der Waals surface area contributed by atoms with Crippen LogP contribution in [0.15, 0.2) is 66.7 Å². The number of likely N-dealkylation sites (tertiary alicyclic amines) is 1. The summed E-state index contributed by atoms with van der Waals surface area (Å²) in [5, 5.41) is 2.89. The van der Waals surface area contributed by atoms with Crippen LogP contribution in [0.3, 0.4) is 0 Å². The smallest absolute Gasteiger partial charge is 0.262 e. The van der Waals surface area contributed by atoms with Crippen LogP contribution in [0.25, 0.3) is 0 Å². The number of thiocarbonyl (C=S) groups is 1. The lowest BCUT2D eigenvalue weighted by Crippen LogP contribution is -2.38. The highest BCUT2D eigenvalue weighted by atomic mass is 32.1. The molecular weight excluding hydrogens is 468 g/mol. The SMILES string of the molecule is COc1cc(C(=S)N2CCC(Cc3ccccc3)CC2)ccc1OCC(=O)Nc1cc(C)cc(C)c1. The second-order valence-corrected chi connectivity index (χ2v) is 9.89. The highest BCUT2D eigenvalue weighted by Gasteiger charge is 2.22. The molecule has 1 N–H and O–H groups in total. The van der Waals surface area contributed by atoms with Crippen LogP contribution in [0, 0.1) is 19.8 Å². The molecule has 0 aromatic heterocycles. The van der Waals surface area contributed by atoms with Gasteiger partial charge in [0, 0.05) is 24.3 Å². The van der Waals surface area contributed by atoms with Crippen molar-refractivity contribution in [3.05, 3.63) is 89.0 Å². The third kappa shape index (κ3) is 6.85. The van der Waals surface area contributed by atoms with Crippen LogP contribution in [0.1, 0.15) is 35.1 Å². The Labute approximate surface area is 219 Å². The Bertz CT molecular complexity index is 1180. The number of nitrogens with zero attached hydrogens (tertiary/aromatic N) is 1. The van der Waals surface area contributed by atoms with E-state index >= 15 is 0 Å². The van der Waals surface area contributed by atoms with Crippen molar-refractivity contribution in [3.8, 4) is 11.5 Å². The number of hydrogen-bond acceptors (Lipinski definition) is 4. The number of carbonyl (C=O) groups is 1. The summed E-state index contributed by atoms with van der Waals surface area (Å²) in [5.74, 6) is 1.54. The van der Waals surface area contributed by atoms with Crippen LogP contribution in [0.4, 0.5) is 5.69 Å². The summed E-state index contributed by atoms with van der Waals surface area (Å²) >= 11 is 5.83. The maximum absolute atomic E-state index is 12.4. The molecule has 0 bridgehead atoms. The molecule has 1 heterocycles. The lowest BCUT2D eigenvalue weighted by atomic mass is 9.90. The number of hydrogen-bond donors (Lipinski definition) is 1. The molecule has 0 saturated carbocycles. The second kappa shape index (κ2) is 12.0. The first-order valence-corrected chi connectivity index (χ1v) is 12.8. The number of amides is 1. The van der Waals surface area contributed by atoms with Gasteiger partial charge in [-0.1, -0.05) is 48.6 Å². The summed E-state index contributed by atoms with van der Waals surface area (Å²) in [6, 6.07) is 22.3. The van der Waals surface area contributed by atoms with E-state index in [1.165, 1.54) is 5.56 Å². The predicted octanol–water partition coefficient (Wildman–Crippen LogP) is 5.96. The van der Waals surface area contributed by atoms with Crippen molar-refractivity contribution in [2.75, 3.05) is 32.1 Å². The fourth-order valence-electron chi connectivity index (χ4n) is 4.78. The van der Waals surface area contributed by atoms with E-state index in [1.807, 2.05) is 44.2 Å². The summed E-state index contributed by atoms with van der Waals surface area (Å²) in [5.41, 5.74) is 5.29. The highest BCUT2D eigenvalue weighted by molar-refractivity contribution is 7.80. The van der Waals surface area contributed by atoms with E-state index in [1.54, 1.807) is 7.11 Å². The quantitative estimate of drug-likeness (QED) is 0.385. The minimum absolute atomic E-state index is 0.109. The first kappa shape index (κ1) is 25.7. The molecule has 6 heteroatoms. The first-order chi connectivity index (χ1) is 17.4. The molecule has 0 spiro atoms. The summed E-state index contributed by atoms with van der Waals surface area (Å²) in [6.45, 7) is 5.80. The van der Waals surface area contributed by atoms with Crippen molar-refractivity contribution in [1.29, 1.82) is 0 Å². The van der Waals surface area contributed by atoms with Crippen molar-refractivity contribution < 1.29 is 14.3 Å². The maximum Gasteiger partial charge on any atom is 0.262 e. The van der Waals surface area contributed by atoms with E-state index in [0.29, 0.717) is 17.4 Å². The van der Waals surface area contributed by atoms with E-state index in [9.17, 15) is 4.79 Å². The monoisotopic (exact) mass is 502 g/mol. The van der Waals surface area contributed by atoms with Gasteiger partial charge < -0.3 is 19.7 Å². The number of carbonyl (C=O) groups excluding carboxylic acids is 1. The lowest BCUT2D eigenvalue weighted by molar-refractivity contribution is -0.118. The minimum Gasteiger partial charge on any atom is -0.493 e. The molecule has 0 atom stereocenters. The van der Waals surface area contributed by atoms with Crippen LogP contribution in [-0.2, 0) is 11.2 Å². The highest BCUT2D eigenvalue weighted by Crippen LogP contribution is 2.30. The molecule has 3 aromatic carbocycles. The van der Waals surface area contributed by atoms with Gasteiger partial charge in [-0.15, -0.1) is 0 Å². The standard InChI is InChI=1S/C30H34N2O3S/c1-21-15-22(2)17-26(16-21)31-29(33)20-35-27-10-9-25(19-28(27)34-3)30(36)32-13-11-24(12-14-32)18-23-7-5-4-6-8-23/h4-10,15-17,19,24H,11-14,18,20H2,1-3H3,(H,31,33). The number of anilines is 1. The topological polar surface area (TPSA) is 50.8 Å². The van der Waals surface area contributed by atoms with E-state index in [4.69, 9.17) is 21.7 Å². The third-order valence-corrected chi connectivity index (χ3v) is 7.04. The van der Waals surface area contributed by atoms with Crippen molar-refractivity contribution >= 4 is 28.8 Å². The molecule has 1 saturated heterocycles. The van der Waals surface area contributed by atoms with Crippen molar-refractivity contribution in [2.24, 2.45) is 5.92 Å². The van der Waals surface area contributed by atoms with Gasteiger partial charge in [-0.25, -0.2) is 0 Å². The molecule has 0 radical (unpaired) electrons. The van der Waals surface area contributed by atoms with Crippen LogP contribution >= 0.6 is 12.2 Å². The minimum atomic E-state index is -0.222. The molecule has 188 valence electrons. The van der Waals surface area contributed by atoms with E-state index in [2.05, 4.69) is 46.6 Å². The van der Waals surface area contributed by atoms with Crippen molar-refractivity contribution in [1.82, 2.24) is 4.90 Å². The van der Waals surface area contributed by atoms with Crippen molar-refractivity contribution in [2.45, 2.75) is 33.1 Å². The van der Waals surface area contributed by atoms with Crippen LogP contribution in [0.2, 0.25) is 0 Å². The van der Waals surface area contributed by atoms with Gasteiger partial charge >= 0.3 is 0 Å². The fourth-order valence-corrected chi connectivity index (χ4v) is 5.09. The Hall–Kier alpha value is -3.38. The van der Waals surface area contributed by atoms with Gasteiger partial charge in [-0.2, -0.15) is 0 Å². The summed E-state index contributed by atoms with van der Waals surface area (Å²) in [7, 11) is 1.60.